The van der Waals surface area contributed by atoms with E-state index >= 15 is 0 Å². The van der Waals surface area contributed by atoms with Gasteiger partial charge in [0.25, 0.3) is 0 Å². The van der Waals surface area contributed by atoms with Crippen LogP contribution in [0.3, 0.4) is 0 Å². The molecule has 1 amide bonds. The van der Waals surface area contributed by atoms with Crippen molar-refractivity contribution in [1.82, 2.24) is 5.32 Å². The lowest BCUT2D eigenvalue weighted by Crippen LogP contribution is -2.45. The summed E-state index contributed by atoms with van der Waals surface area (Å²) in [5.41, 5.74) is 0. The third kappa shape index (κ3) is 2.72. The van der Waals surface area contributed by atoms with Crippen molar-refractivity contribution in [2.45, 2.75) is 38.3 Å². The molecule has 2 unspecified atom stereocenters. The summed E-state index contributed by atoms with van der Waals surface area (Å²) in [4.78, 5) is 23.3. The summed E-state index contributed by atoms with van der Waals surface area (Å²) >= 11 is 0. The average molecular weight is 253 g/mol. The minimum atomic E-state index is -0.893. The first kappa shape index (κ1) is 13.1. The van der Waals surface area contributed by atoms with Crippen molar-refractivity contribution in [3.63, 3.8) is 0 Å². The van der Waals surface area contributed by atoms with Crippen molar-refractivity contribution in [1.29, 1.82) is 0 Å². The molecule has 1 heterocycles. The molecule has 2 aliphatic rings. The fraction of sp³-hybridized carbons (Fsp3) is 0.692. The second-order valence-electron chi connectivity index (χ2n) is 4.97. The fourth-order valence-corrected chi connectivity index (χ4v) is 2.59. The van der Waals surface area contributed by atoms with Crippen molar-refractivity contribution < 1.29 is 19.4 Å². The Bertz CT molecular complexity index is 366. The van der Waals surface area contributed by atoms with E-state index < -0.39 is 17.8 Å². The van der Waals surface area contributed by atoms with E-state index in [1.165, 1.54) is 0 Å². The number of rotatable bonds is 3. The quantitative estimate of drug-likeness (QED) is 0.734. The highest BCUT2D eigenvalue weighted by Crippen LogP contribution is 2.26. The van der Waals surface area contributed by atoms with E-state index in [4.69, 9.17) is 9.84 Å². The summed E-state index contributed by atoms with van der Waals surface area (Å²) in [5, 5.41) is 12.1. The van der Waals surface area contributed by atoms with Gasteiger partial charge < -0.3 is 15.2 Å². The predicted octanol–water partition coefficient (Wildman–Crippen LogP) is 0.947. The molecule has 1 aliphatic heterocycles. The van der Waals surface area contributed by atoms with E-state index in [1.54, 1.807) is 0 Å². The third-order valence-electron chi connectivity index (χ3n) is 3.79. The van der Waals surface area contributed by atoms with Gasteiger partial charge in [-0.15, -0.1) is 0 Å². The van der Waals surface area contributed by atoms with Gasteiger partial charge in [0, 0.05) is 6.61 Å². The van der Waals surface area contributed by atoms with Crippen LogP contribution in [-0.2, 0) is 14.3 Å². The van der Waals surface area contributed by atoms with E-state index in [9.17, 15) is 9.59 Å². The van der Waals surface area contributed by atoms with Crippen LogP contribution in [0.1, 0.15) is 26.2 Å². The van der Waals surface area contributed by atoms with Crippen LogP contribution in [0.25, 0.3) is 0 Å². The van der Waals surface area contributed by atoms with Gasteiger partial charge >= 0.3 is 5.97 Å². The summed E-state index contributed by atoms with van der Waals surface area (Å²) in [6.45, 7) is 2.58. The Morgan fingerprint density at radius 2 is 1.94 bits per heavy atom. The molecular formula is C13H19NO4. The first-order chi connectivity index (χ1) is 8.59. The van der Waals surface area contributed by atoms with Crippen LogP contribution >= 0.6 is 0 Å². The maximum Gasteiger partial charge on any atom is 0.307 e. The number of carbonyl (C=O) groups is 2. The van der Waals surface area contributed by atoms with E-state index in [0.29, 0.717) is 19.4 Å². The lowest BCUT2D eigenvalue weighted by atomic mass is 9.82. The lowest BCUT2D eigenvalue weighted by Gasteiger charge is -2.26. The van der Waals surface area contributed by atoms with Gasteiger partial charge in [0.2, 0.25) is 5.91 Å². The van der Waals surface area contributed by atoms with Gasteiger partial charge in [-0.1, -0.05) is 12.2 Å². The van der Waals surface area contributed by atoms with E-state index in [-0.39, 0.29) is 18.1 Å². The maximum atomic E-state index is 12.2. The van der Waals surface area contributed by atoms with E-state index in [0.717, 1.165) is 6.42 Å². The van der Waals surface area contributed by atoms with Gasteiger partial charge in [-0.05, 0) is 26.2 Å². The molecule has 5 heteroatoms. The number of amides is 1. The highest BCUT2D eigenvalue weighted by molar-refractivity contribution is 5.85. The largest absolute Gasteiger partial charge is 0.481 e. The number of carboxylic acid groups (broad SMARTS) is 1. The minimum Gasteiger partial charge on any atom is -0.481 e. The second-order valence-corrected chi connectivity index (χ2v) is 4.97. The Labute approximate surface area is 106 Å². The first-order valence-electron chi connectivity index (χ1n) is 6.39. The molecule has 0 bridgehead atoms. The monoisotopic (exact) mass is 253 g/mol. The zero-order chi connectivity index (χ0) is 13.1. The van der Waals surface area contributed by atoms with Gasteiger partial charge in [0.05, 0.1) is 24.0 Å². The van der Waals surface area contributed by atoms with Crippen LogP contribution in [0.4, 0.5) is 0 Å². The summed E-state index contributed by atoms with van der Waals surface area (Å²) in [5.74, 6) is -2.11. The normalized spacial score (nSPS) is 35.4. The molecule has 100 valence electrons. The van der Waals surface area contributed by atoms with Crippen molar-refractivity contribution in [3.05, 3.63) is 12.2 Å². The van der Waals surface area contributed by atoms with Crippen LogP contribution in [0.15, 0.2) is 12.2 Å². The van der Waals surface area contributed by atoms with Gasteiger partial charge in [-0.25, -0.2) is 0 Å². The van der Waals surface area contributed by atoms with Crippen molar-refractivity contribution in [3.8, 4) is 0 Å². The van der Waals surface area contributed by atoms with Gasteiger partial charge in [0.15, 0.2) is 0 Å². The topological polar surface area (TPSA) is 75.6 Å². The van der Waals surface area contributed by atoms with Crippen LogP contribution in [0, 0.1) is 11.8 Å². The molecule has 0 aromatic heterocycles. The molecule has 2 N–H and O–H groups in total. The van der Waals surface area contributed by atoms with Gasteiger partial charge in [-0.2, -0.15) is 0 Å². The molecular weight excluding hydrogens is 234 g/mol. The summed E-state index contributed by atoms with van der Waals surface area (Å²) in [6, 6.07) is 0.0119. The highest BCUT2D eigenvalue weighted by Gasteiger charge is 2.36. The number of allylic oxidation sites excluding steroid dienone is 2. The minimum absolute atomic E-state index is 0.0105. The number of hydrogen-bond donors (Lipinski definition) is 2. The van der Waals surface area contributed by atoms with Crippen LogP contribution in [0.2, 0.25) is 0 Å². The molecule has 0 saturated carbocycles. The Morgan fingerprint density at radius 1 is 1.28 bits per heavy atom. The fourth-order valence-electron chi connectivity index (χ4n) is 2.59. The molecule has 1 aliphatic carbocycles. The number of carboxylic acids is 1. The third-order valence-corrected chi connectivity index (χ3v) is 3.79. The van der Waals surface area contributed by atoms with Crippen LogP contribution in [-0.4, -0.2) is 35.7 Å². The van der Waals surface area contributed by atoms with Gasteiger partial charge in [-0.3, -0.25) is 9.59 Å². The molecule has 1 fully saturated rings. The maximum absolute atomic E-state index is 12.2. The predicted molar refractivity (Wildman–Crippen MR) is 65.0 cm³/mol. The molecule has 1 saturated heterocycles. The van der Waals surface area contributed by atoms with E-state index in [2.05, 4.69) is 5.32 Å². The molecule has 0 radical (unpaired) electrons. The van der Waals surface area contributed by atoms with Crippen LogP contribution in [0.5, 0.6) is 0 Å². The smallest absolute Gasteiger partial charge is 0.307 e. The number of nitrogens with one attached hydrogen (secondary N) is 1. The summed E-state index contributed by atoms with van der Waals surface area (Å²) in [6.07, 6.45) is 5.47. The van der Waals surface area contributed by atoms with Crippen molar-refractivity contribution >= 4 is 11.9 Å². The average Bonchev–Trinajstić information content (AvgIpc) is 2.75. The van der Waals surface area contributed by atoms with Crippen LogP contribution < -0.4 is 5.32 Å². The zero-order valence-corrected chi connectivity index (χ0v) is 10.5. The molecule has 18 heavy (non-hydrogen) atoms. The zero-order valence-electron chi connectivity index (χ0n) is 10.5. The molecule has 2 rings (SSSR count). The van der Waals surface area contributed by atoms with Gasteiger partial charge in [0.1, 0.15) is 0 Å². The molecule has 0 aromatic carbocycles. The Balaban J connectivity index is 1.98. The molecule has 5 nitrogen and oxygen atoms in total. The molecule has 0 aromatic rings. The Kier molecular flexibility index (Phi) is 4.01. The Hall–Kier alpha value is -1.36. The molecule has 4 atom stereocenters. The summed E-state index contributed by atoms with van der Waals surface area (Å²) < 4.78 is 5.38. The molecule has 0 spiro atoms. The highest BCUT2D eigenvalue weighted by atomic mass is 16.5. The van der Waals surface area contributed by atoms with Crippen molar-refractivity contribution in [2.75, 3.05) is 6.61 Å². The standard InChI is InChI=1S/C13H19NO4/c1-8-11(6-7-18-8)14-12(15)9-4-2-3-5-10(9)13(16)17/h2-3,8-11H,4-7H2,1H3,(H,14,15)(H,16,17)/t8?,9-,10+,11?/m1/s1. The number of aliphatic carboxylic acids is 1. The summed E-state index contributed by atoms with van der Waals surface area (Å²) in [7, 11) is 0. The number of carbonyl (C=O) groups excluding carboxylic acids is 1. The number of ether oxygens (including phenoxy) is 1. The Morgan fingerprint density at radius 3 is 2.50 bits per heavy atom. The van der Waals surface area contributed by atoms with Crippen molar-refractivity contribution in [2.24, 2.45) is 11.8 Å². The number of hydrogen-bond acceptors (Lipinski definition) is 3. The second kappa shape index (κ2) is 5.52. The van der Waals surface area contributed by atoms with E-state index in [1.807, 2.05) is 19.1 Å². The first-order valence-corrected chi connectivity index (χ1v) is 6.39. The SMILES string of the molecule is CC1OCCC1NC(=O)[C@@H]1CC=CC[C@@H]1C(=O)O. The lowest BCUT2D eigenvalue weighted by molar-refractivity contribution is -0.147.